The van der Waals surface area contributed by atoms with Crippen LogP contribution in [0.5, 0.6) is 0 Å². The second kappa shape index (κ2) is 4.42. The first-order valence-corrected chi connectivity index (χ1v) is 5.63. The smallest absolute Gasteiger partial charge is 0.250 e. The molecule has 0 aliphatic rings. The number of hydrogen-bond acceptors (Lipinski definition) is 3. The van der Waals surface area contributed by atoms with Gasteiger partial charge in [0.05, 0.1) is 0 Å². The van der Waals surface area contributed by atoms with Crippen LogP contribution in [0, 0.1) is 0 Å². The number of rotatable bonds is 3. The molecule has 2 aromatic heterocycles. The van der Waals surface area contributed by atoms with Gasteiger partial charge in [-0.25, -0.2) is 0 Å². The van der Waals surface area contributed by atoms with E-state index in [1.807, 2.05) is 29.8 Å². The highest BCUT2D eigenvalue weighted by Crippen LogP contribution is 2.22. The lowest BCUT2D eigenvalue weighted by Crippen LogP contribution is -2.22. The normalized spacial score (nSPS) is 10.5. The number of pyridine rings is 1. The zero-order valence-electron chi connectivity index (χ0n) is 8.22. The van der Waals surface area contributed by atoms with Gasteiger partial charge in [-0.15, -0.1) is 11.3 Å². The fraction of sp³-hybridized carbons (Fsp3) is 0.182. The van der Waals surface area contributed by atoms with Gasteiger partial charge in [-0.1, -0.05) is 6.07 Å². The van der Waals surface area contributed by atoms with Crippen molar-refractivity contribution in [3.63, 3.8) is 0 Å². The van der Waals surface area contributed by atoms with Crippen molar-refractivity contribution < 1.29 is 0 Å². The summed E-state index contributed by atoms with van der Waals surface area (Å²) in [5.74, 6) is 0. The molecular weight excluding hydrogens is 208 g/mol. The van der Waals surface area contributed by atoms with Gasteiger partial charge in [0.15, 0.2) is 0 Å². The largest absolute Gasteiger partial charge is 0.329 e. The van der Waals surface area contributed by atoms with Gasteiger partial charge in [0.2, 0.25) is 0 Å². The summed E-state index contributed by atoms with van der Waals surface area (Å²) in [6.45, 7) is 1.05. The van der Waals surface area contributed by atoms with Crippen LogP contribution < -0.4 is 11.3 Å². The van der Waals surface area contributed by atoms with Gasteiger partial charge in [0.25, 0.3) is 5.56 Å². The molecule has 3 nitrogen and oxygen atoms in total. The van der Waals surface area contributed by atoms with E-state index in [-0.39, 0.29) is 5.56 Å². The number of nitrogens with zero attached hydrogens (tertiary/aromatic N) is 1. The van der Waals surface area contributed by atoms with Crippen LogP contribution in [0.4, 0.5) is 0 Å². The quantitative estimate of drug-likeness (QED) is 0.852. The standard InChI is InChI=1S/C11H12N2OS/c12-5-6-13-8-9(3-4-11(13)14)10-2-1-7-15-10/h1-4,7-8H,5-6,12H2. The summed E-state index contributed by atoms with van der Waals surface area (Å²) < 4.78 is 1.65. The van der Waals surface area contributed by atoms with E-state index in [4.69, 9.17) is 5.73 Å². The SMILES string of the molecule is NCCn1cc(-c2cccs2)ccc1=O. The molecule has 0 bridgehead atoms. The van der Waals surface area contributed by atoms with E-state index >= 15 is 0 Å². The van der Waals surface area contributed by atoms with Gasteiger partial charge in [0.1, 0.15) is 0 Å². The number of nitrogens with two attached hydrogens (primary N) is 1. The molecule has 0 aliphatic heterocycles. The molecule has 78 valence electrons. The van der Waals surface area contributed by atoms with Crippen molar-refractivity contribution in [3.8, 4) is 10.4 Å². The minimum Gasteiger partial charge on any atom is -0.329 e. The first-order valence-electron chi connectivity index (χ1n) is 4.75. The average molecular weight is 220 g/mol. The average Bonchev–Trinajstić information content (AvgIpc) is 2.75. The molecule has 0 unspecified atom stereocenters. The van der Waals surface area contributed by atoms with Crippen LogP contribution in [-0.4, -0.2) is 11.1 Å². The monoisotopic (exact) mass is 220 g/mol. The Balaban J connectivity index is 2.43. The summed E-state index contributed by atoms with van der Waals surface area (Å²) >= 11 is 1.66. The summed E-state index contributed by atoms with van der Waals surface area (Å²) in [5, 5.41) is 2.02. The third-order valence-corrected chi connectivity index (χ3v) is 3.08. The Bertz CT molecular complexity index is 488. The van der Waals surface area contributed by atoms with E-state index < -0.39 is 0 Å². The minimum absolute atomic E-state index is 0.000700. The molecule has 4 heteroatoms. The van der Waals surface area contributed by atoms with Gasteiger partial charge in [0, 0.05) is 35.8 Å². The van der Waals surface area contributed by atoms with Gasteiger partial charge in [-0.05, 0) is 17.5 Å². The molecule has 2 N–H and O–H groups in total. The minimum atomic E-state index is 0.000700. The van der Waals surface area contributed by atoms with E-state index in [1.165, 1.54) is 4.88 Å². The molecule has 0 fully saturated rings. The molecule has 2 rings (SSSR count). The van der Waals surface area contributed by atoms with Crippen LogP contribution >= 0.6 is 11.3 Å². The van der Waals surface area contributed by atoms with Gasteiger partial charge >= 0.3 is 0 Å². The summed E-state index contributed by atoms with van der Waals surface area (Å²) in [7, 11) is 0. The zero-order chi connectivity index (χ0) is 10.7. The summed E-state index contributed by atoms with van der Waals surface area (Å²) in [6.07, 6.45) is 1.86. The van der Waals surface area contributed by atoms with E-state index in [2.05, 4.69) is 0 Å². The summed E-state index contributed by atoms with van der Waals surface area (Å²) in [5.41, 5.74) is 6.51. The van der Waals surface area contributed by atoms with Crippen molar-refractivity contribution in [2.45, 2.75) is 6.54 Å². The molecule has 0 aliphatic carbocycles. The third-order valence-electron chi connectivity index (χ3n) is 2.16. The molecule has 0 radical (unpaired) electrons. The number of thiophene rings is 1. The van der Waals surface area contributed by atoms with E-state index in [1.54, 1.807) is 22.0 Å². The van der Waals surface area contributed by atoms with Crippen LogP contribution in [-0.2, 0) is 6.54 Å². The molecule has 0 spiro atoms. The zero-order valence-corrected chi connectivity index (χ0v) is 9.04. The van der Waals surface area contributed by atoms with Crippen molar-refractivity contribution >= 4 is 11.3 Å². The van der Waals surface area contributed by atoms with Gasteiger partial charge in [-0.3, -0.25) is 4.79 Å². The Morgan fingerprint density at radius 1 is 1.33 bits per heavy atom. The lowest BCUT2D eigenvalue weighted by molar-refractivity contribution is 0.682. The highest BCUT2D eigenvalue weighted by Gasteiger charge is 2.01. The van der Waals surface area contributed by atoms with Crippen molar-refractivity contribution in [2.75, 3.05) is 6.54 Å². The second-order valence-electron chi connectivity index (χ2n) is 3.22. The first kappa shape index (κ1) is 10.1. The highest BCUT2D eigenvalue weighted by atomic mass is 32.1. The van der Waals surface area contributed by atoms with E-state index in [9.17, 15) is 4.79 Å². The maximum absolute atomic E-state index is 11.4. The maximum atomic E-state index is 11.4. The van der Waals surface area contributed by atoms with Crippen LogP contribution in [0.1, 0.15) is 0 Å². The fourth-order valence-corrected chi connectivity index (χ4v) is 2.15. The van der Waals surface area contributed by atoms with Crippen LogP contribution in [0.15, 0.2) is 40.6 Å². The lowest BCUT2D eigenvalue weighted by Gasteiger charge is -2.05. The highest BCUT2D eigenvalue weighted by molar-refractivity contribution is 7.13. The Hall–Kier alpha value is -1.39. The predicted octanol–water partition coefficient (Wildman–Crippen LogP) is 1.54. The Morgan fingerprint density at radius 2 is 2.20 bits per heavy atom. The Labute approximate surface area is 91.8 Å². The predicted molar refractivity (Wildman–Crippen MR) is 63.1 cm³/mol. The third kappa shape index (κ3) is 2.16. The summed E-state index contributed by atoms with van der Waals surface area (Å²) in [6, 6.07) is 7.47. The molecule has 2 heterocycles. The number of aromatic nitrogens is 1. The van der Waals surface area contributed by atoms with Crippen LogP contribution in [0.25, 0.3) is 10.4 Å². The molecular formula is C11H12N2OS. The van der Waals surface area contributed by atoms with Crippen molar-refractivity contribution in [1.29, 1.82) is 0 Å². The molecule has 2 aromatic rings. The molecule has 0 aromatic carbocycles. The van der Waals surface area contributed by atoms with E-state index in [0.717, 1.165) is 5.56 Å². The first-order chi connectivity index (χ1) is 7.31. The molecule has 0 atom stereocenters. The molecule has 0 amide bonds. The van der Waals surface area contributed by atoms with Crippen molar-refractivity contribution in [3.05, 3.63) is 46.2 Å². The maximum Gasteiger partial charge on any atom is 0.250 e. The molecule has 0 saturated carbocycles. The van der Waals surface area contributed by atoms with Crippen LogP contribution in [0.2, 0.25) is 0 Å². The lowest BCUT2D eigenvalue weighted by atomic mass is 10.2. The Kier molecular flexibility index (Phi) is 2.99. The molecule has 0 saturated heterocycles. The van der Waals surface area contributed by atoms with Crippen molar-refractivity contribution in [1.82, 2.24) is 4.57 Å². The van der Waals surface area contributed by atoms with Gasteiger partial charge < -0.3 is 10.3 Å². The van der Waals surface area contributed by atoms with E-state index in [0.29, 0.717) is 13.1 Å². The van der Waals surface area contributed by atoms with Crippen molar-refractivity contribution in [2.24, 2.45) is 5.73 Å². The Morgan fingerprint density at radius 3 is 2.87 bits per heavy atom. The van der Waals surface area contributed by atoms with Crippen LogP contribution in [0.3, 0.4) is 0 Å². The summed E-state index contributed by atoms with van der Waals surface area (Å²) in [4.78, 5) is 12.6. The van der Waals surface area contributed by atoms with Gasteiger partial charge in [-0.2, -0.15) is 0 Å². The fourth-order valence-electron chi connectivity index (χ4n) is 1.43. The molecule has 15 heavy (non-hydrogen) atoms. The topological polar surface area (TPSA) is 48.0 Å². The second-order valence-corrected chi connectivity index (χ2v) is 4.16. The number of hydrogen-bond donors (Lipinski definition) is 1.